The number of aliphatic carboxylic acids is 1. The van der Waals surface area contributed by atoms with Crippen LogP contribution in [0.3, 0.4) is 0 Å². The van der Waals surface area contributed by atoms with Gasteiger partial charge in [0.25, 0.3) is 0 Å². The summed E-state index contributed by atoms with van der Waals surface area (Å²) in [5.41, 5.74) is 8.74. The number of amides is 1. The van der Waals surface area contributed by atoms with E-state index in [0.29, 0.717) is 5.69 Å². The van der Waals surface area contributed by atoms with E-state index in [4.69, 9.17) is 10.8 Å². The van der Waals surface area contributed by atoms with Crippen LogP contribution in [0.5, 0.6) is 0 Å². The average molecular weight is 248 g/mol. The molecular weight excluding hydrogens is 232 g/mol. The van der Waals surface area contributed by atoms with Crippen LogP contribution in [0.4, 0.5) is 5.69 Å². The number of benzene rings is 1. The number of fused-ring (bicyclic) bond motifs is 1. The maximum Gasteiger partial charge on any atom is 0.305 e. The first-order chi connectivity index (χ1) is 8.56. The number of carbonyl (C=O) groups is 2. The van der Waals surface area contributed by atoms with Crippen LogP contribution in [0.2, 0.25) is 0 Å². The van der Waals surface area contributed by atoms with Crippen LogP contribution in [0.25, 0.3) is 0 Å². The van der Waals surface area contributed by atoms with Crippen molar-refractivity contribution >= 4 is 17.6 Å². The van der Waals surface area contributed by atoms with Crippen molar-refractivity contribution in [2.24, 2.45) is 5.73 Å². The minimum absolute atomic E-state index is 0.364. The third-order valence-electron chi connectivity index (χ3n) is 3.10. The highest BCUT2D eigenvalue weighted by atomic mass is 16.4. The summed E-state index contributed by atoms with van der Waals surface area (Å²) < 4.78 is 0. The molecule has 96 valence electrons. The summed E-state index contributed by atoms with van der Waals surface area (Å²) in [5.74, 6) is -1.54. The number of carbonyl (C=O) groups excluding carboxylic acids is 1. The van der Waals surface area contributed by atoms with Crippen LogP contribution in [-0.4, -0.2) is 23.0 Å². The lowest BCUT2D eigenvalue weighted by atomic mass is 10.1. The van der Waals surface area contributed by atoms with Crippen molar-refractivity contribution in [3.8, 4) is 0 Å². The van der Waals surface area contributed by atoms with Gasteiger partial charge in [0.2, 0.25) is 5.91 Å². The molecule has 0 radical (unpaired) electrons. The van der Waals surface area contributed by atoms with Crippen LogP contribution < -0.4 is 11.1 Å². The van der Waals surface area contributed by atoms with E-state index in [1.165, 1.54) is 11.1 Å². The van der Waals surface area contributed by atoms with Crippen LogP contribution in [0, 0.1) is 0 Å². The number of hydrogen-bond donors (Lipinski definition) is 3. The van der Waals surface area contributed by atoms with Crippen molar-refractivity contribution in [2.45, 2.75) is 31.7 Å². The molecule has 0 aliphatic heterocycles. The minimum atomic E-state index is -1.08. The zero-order valence-electron chi connectivity index (χ0n) is 9.98. The summed E-state index contributed by atoms with van der Waals surface area (Å²) >= 11 is 0. The molecule has 0 saturated heterocycles. The maximum atomic E-state index is 11.6. The molecule has 0 heterocycles. The number of nitrogens with two attached hydrogens (primary N) is 1. The van der Waals surface area contributed by atoms with E-state index < -0.39 is 17.9 Å². The Kier molecular flexibility index (Phi) is 3.62. The Hall–Kier alpha value is -1.88. The third kappa shape index (κ3) is 2.87. The Bertz CT molecular complexity index is 485. The average Bonchev–Trinajstić information content (AvgIpc) is 2.75. The van der Waals surface area contributed by atoms with E-state index in [0.717, 1.165) is 19.3 Å². The first-order valence-corrected chi connectivity index (χ1v) is 5.96. The van der Waals surface area contributed by atoms with Gasteiger partial charge < -0.3 is 16.2 Å². The van der Waals surface area contributed by atoms with Gasteiger partial charge in [-0.3, -0.25) is 9.59 Å². The fourth-order valence-corrected chi connectivity index (χ4v) is 2.17. The summed E-state index contributed by atoms with van der Waals surface area (Å²) in [6.45, 7) is 0. The first-order valence-electron chi connectivity index (χ1n) is 5.96. The molecule has 1 aliphatic carbocycles. The second-order valence-electron chi connectivity index (χ2n) is 4.53. The highest BCUT2D eigenvalue weighted by molar-refractivity contribution is 5.96. The minimum Gasteiger partial charge on any atom is -0.481 e. The molecule has 0 fully saturated rings. The first kappa shape index (κ1) is 12.6. The van der Waals surface area contributed by atoms with Crippen molar-refractivity contribution < 1.29 is 14.7 Å². The Balaban J connectivity index is 2.01. The van der Waals surface area contributed by atoms with Gasteiger partial charge in [0.05, 0.1) is 12.5 Å². The summed E-state index contributed by atoms with van der Waals surface area (Å²) in [6, 6.07) is 4.75. The lowest BCUT2D eigenvalue weighted by Gasteiger charge is -2.11. The standard InChI is InChI=1S/C13H16N2O3/c14-11(7-12(16)17)13(18)15-10-5-4-8-2-1-3-9(8)6-10/h4-6,11H,1-3,7,14H2,(H,15,18)(H,16,17). The highest BCUT2D eigenvalue weighted by Crippen LogP contribution is 2.24. The van der Waals surface area contributed by atoms with E-state index in [-0.39, 0.29) is 6.42 Å². The second kappa shape index (κ2) is 5.18. The van der Waals surface area contributed by atoms with Gasteiger partial charge in [-0.25, -0.2) is 0 Å². The predicted octanol–water partition coefficient (Wildman–Crippen LogP) is 0.916. The number of aryl methyl sites for hydroxylation is 2. The van der Waals surface area contributed by atoms with Crippen molar-refractivity contribution in [1.29, 1.82) is 0 Å². The van der Waals surface area contributed by atoms with Gasteiger partial charge in [0.1, 0.15) is 0 Å². The van der Waals surface area contributed by atoms with Gasteiger partial charge in [-0.2, -0.15) is 0 Å². The monoisotopic (exact) mass is 248 g/mol. The topological polar surface area (TPSA) is 92.4 Å². The molecule has 0 saturated carbocycles. The number of hydrogen-bond acceptors (Lipinski definition) is 3. The smallest absolute Gasteiger partial charge is 0.305 e. The van der Waals surface area contributed by atoms with E-state index >= 15 is 0 Å². The number of carboxylic acids is 1. The third-order valence-corrected chi connectivity index (χ3v) is 3.10. The highest BCUT2D eigenvalue weighted by Gasteiger charge is 2.18. The molecular formula is C13H16N2O3. The van der Waals surface area contributed by atoms with E-state index in [1.54, 1.807) is 0 Å². The normalized spacial score (nSPS) is 14.9. The van der Waals surface area contributed by atoms with Gasteiger partial charge in [-0.1, -0.05) is 6.07 Å². The Morgan fingerprint density at radius 3 is 2.78 bits per heavy atom. The molecule has 0 spiro atoms. The molecule has 1 aromatic rings. The zero-order valence-corrected chi connectivity index (χ0v) is 9.98. The summed E-state index contributed by atoms with van der Waals surface area (Å²) in [7, 11) is 0. The lowest BCUT2D eigenvalue weighted by molar-refractivity contribution is -0.138. The Morgan fingerprint density at radius 1 is 1.33 bits per heavy atom. The molecule has 1 unspecified atom stereocenters. The van der Waals surface area contributed by atoms with Crippen LogP contribution >= 0.6 is 0 Å². The van der Waals surface area contributed by atoms with Crippen molar-refractivity contribution in [3.05, 3.63) is 29.3 Å². The van der Waals surface area contributed by atoms with Crippen molar-refractivity contribution in [2.75, 3.05) is 5.32 Å². The molecule has 0 bridgehead atoms. The molecule has 5 nitrogen and oxygen atoms in total. The van der Waals surface area contributed by atoms with Crippen LogP contribution in [0.1, 0.15) is 24.0 Å². The fraction of sp³-hybridized carbons (Fsp3) is 0.385. The van der Waals surface area contributed by atoms with Gasteiger partial charge in [-0.05, 0) is 42.5 Å². The molecule has 0 aromatic heterocycles. The molecule has 1 atom stereocenters. The van der Waals surface area contributed by atoms with Crippen molar-refractivity contribution in [3.63, 3.8) is 0 Å². The molecule has 1 amide bonds. The molecule has 4 N–H and O–H groups in total. The maximum absolute atomic E-state index is 11.6. The quantitative estimate of drug-likeness (QED) is 0.738. The second-order valence-corrected chi connectivity index (χ2v) is 4.53. The summed E-state index contributed by atoms with van der Waals surface area (Å²) in [4.78, 5) is 22.1. The van der Waals surface area contributed by atoms with Gasteiger partial charge in [0.15, 0.2) is 0 Å². The van der Waals surface area contributed by atoms with E-state index in [1.807, 2.05) is 18.2 Å². The Labute approximate surface area is 105 Å². The largest absolute Gasteiger partial charge is 0.481 e. The van der Waals surface area contributed by atoms with Crippen molar-refractivity contribution in [1.82, 2.24) is 0 Å². The van der Waals surface area contributed by atoms with Crippen LogP contribution in [-0.2, 0) is 22.4 Å². The van der Waals surface area contributed by atoms with Gasteiger partial charge in [0, 0.05) is 5.69 Å². The summed E-state index contributed by atoms with van der Waals surface area (Å²) in [6.07, 6.45) is 2.89. The molecule has 18 heavy (non-hydrogen) atoms. The van der Waals surface area contributed by atoms with Gasteiger partial charge >= 0.3 is 5.97 Å². The summed E-state index contributed by atoms with van der Waals surface area (Å²) in [5, 5.41) is 11.2. The van der Waals surface area contributed by atoms with E-state index in [2.05, 4.69) is 5.32 Å². The lowest BCUT2D eigenvalue weighted by Crippen LogP contribution is -2.37. The predicted molar refractivity (Wildman–Crippen MR) is 67.3 cm³/mol. The van der Waals surface area contributed by atoms with Crippen LogP contribution in [0.15, 0.2) is 18.2 Å². The number of nitrogens with one attached hydrogen (secondary N) is 1. The SMILES string of the molecule is NC(CC(=O)O)C(=O)Nc1ccc2c(c1)CCC2. The molecule has 1 aliphatic rings. The number of rotatable bonds is 4. The number of carboxylic acid groups (broad SMARTS) is 1. The zero-order chi connectivity index (χ0) is 13.1. The Morgan fingerprint density at radius 2 is 2.06 bits per heavy atom. The fourth-order valence-electron chi connectivity index (χ4n) is 2.17. The molecule has 5 heteroatoms. The van der Waals surface area contributed by atoms with E-state index in [9.17, 15) is 9.59 Å². The molecule has 1 aromatic carbocycles. The molecule has 2 rings (SSSR count). The van der Waals surface area contributed by atoms with Gasteiger partial charge in [-0.15, -0.1) is 0 Å². The number of anilines is 1.